The lowest BCUT2D eigenvalue weighted by atomic mass is 10.3. The summed E-state index contributed by atoms with van der Waals surface area (Å²) in [6.07, 6.45) is 0. The van der Waals surface area contributed by atoms with Gasteiger partial charge in [0.2, 0.25) is 5.91 Å². The van der Waals surface area contributed by atoms with Crippen LogP contribution in [0, 0.1) is 0 Å². The molecule has 0 heterocycles. The van der Waals surface area contributed by atoms with Crippen LogP contribution in [0.1, 0.15) is 13.8 Å². The highest BCUT2D eigenvalue weighted by Gasteiger charge is 2.14. The third-order valence-electron chi connectivity index (χ3n) is 2.55. The summed E-state index contributed by atoms with van der Waals surface area (Å²) in [5, 5.41) is -0.513. The molecular formula is C14H20ClNO3. The Morgan fingerprint density at radius 1 is 1.32 bits per heavy atom. The number of para-hydroxylation sites is 2. The van der Waals surface area contributed by atoms with Crippen molar-refractivity contribution in [2.45, 2.75) is 19.2 Å². The summed E-state index contributed by atoms with van der Waals surface area (Å²) in [6.45, 7) is 5.05. The van der Waals surface area contributed by atoms with Crippen LogP contribution in [-0.2, 0) is 4.79 Å². The normalized spacial score (nSPS) is 11.8. The Morgan fingerprint density at radius 2 is 1.89 bits per heavy atom. The molecule has 1 aromatic rings. The molecule has 0 aliphatic heterocycles. The Labute approximate surface area is 119 Å². The summed E-state index contributed by atoms with van der Waals surface area (Å²) < 4.78 is 11.1. The SMILES string of the molecule is CCOc1ccccc1OCCN(C)C(=O)C(C)Cl. The molecule has 0 fully saturated rings. The molecule has 0 aliphatic rings. The molecule has 0 aromatic heterocycles. The number of alkyl halides is 1. The summed E-state index contributed by atoms with van der Waals surface area (Å²) >= 11 is 5.73. The zero-order valence-corrected chi connectivity index (χ0v) is 12.3. The molecule has 1 amide bonds. The van der Waals surface area contributed by atoms with Crippen LogP contribution < -0.4 is 9.47 Å². The van der Waals surface area contributed by atoms with E-state index in [1.165, 1.54) is 0 Å². The van der Waals surface area contributed by atoms with E-state index in [9.17, 15) is 4.79 Å². The molecule has 0 spiro atoms. The van der Waals surface area contributed by atoms with E-state index in [-0.39, 0.29) is 5.91 Å². The minimum atomic E-state index is -0.513. The van der Waals surface area contributed by atoms with Crippen molar-refractivity contribution in [3.63, 3.8) is 0 Å². The van der Waals surface area contributed by atoms with Gasteiger partial charge in [-0.2, -0.15) is 0 Å². The van der Waals surface area contributed by atoms with E-state index in [0.717, 1.165) is 0 Å². The van der Waals surface area contributed by atoms with Gasteiger partial charge in [0, 0.05) is 7.05 Å². The first-order chi connectivity index (χ1) is 9.06. The average Bonchev–Trinajstić information content (AvgIpc) is 2.39. The van der Waals surface area contributed by atoms with Crippen molar-refractivity contribution >= 4 is 17.5 Å². The number of carbonyl (C=O) groups is 1. The molecule has 1 unspecified atom stereocenters. The smallest absolute Gasteiger partial charge is 0.240 e. The molecule has 0 N–H and O–H groups in total. The van der Waals surface area contributed by atoms with Crippen molar-refractivity contribution in [1.82, 2.24) is 4.90 Å². The lowest BCUT2D eigenvalue weighted by Crippen LogP contribution is -2.35. The van der Waals surface area contributed by atoms with Crippen molar-refractivity contribution < 1.29 is 14.3 Å². The van der Waals surface area contributed by atoms with Crippen LogP contribution in [0.5, 0.6) is 11.5 Å². The van der Waals surface area contributed by atoms with Crippen LogP contribution in [0.4, 0.5) is 0 Å². The van der Waals surface area contributed by atoms with Gasteiger partial charge in [-0.15, -0.1) is 11.6 Å². The standard InChI is InChI=1S/C14H20ClNO3/c1-4-18-12-7-5-6-8-13(12)19-10-9-16(3)14(17)11(2)15/h5-8,11H,4,9-10H2,1-3H3. The van der Waals surface area contributed by atoms with E-state index in [4.69, 9.17) is 21.1 Å². The molecule has 0 bridgehead atoms. The van der Waals surface area contributed by atoms with Crippen LogP contribution >= 0.6 is 11.6 Å². The Hall–Kier alpha value is -1.42. The van der Waals surface area contributed by atoms with Crippen LogP contribution in [0.3, 0.4) is 0 Å². The van der Waals surface area contributed by atoms with Crippen molar-refractivity contribution in [2.75, 3.05) is 26.8 Å². The predicted molar refractivity (Wildman–Crippen MR) is 76.1 cm³/mol. The van der Waals surface area contributed by atoms with Gasteiger partial charge >= 0.3 is 0 Å². The zero-order chi connectivity index (χ0) is 14.3. The Kier molecular flexibility index (Phi) is 6.50. The van der Waals surface area contributed by atoms with E-state index in [1.54, 1.807) is 18.9 Å². The van der Waals surface area contributed by atoms with Gasteiger partial charge < -0.3 is 14.4 Å². The maximum Gasteiger partial charge on any atom is 0.240 e. The zero-order valence-electron chi connectivity index (χ0n) is 11.6. The number of carbonyl (C=O) groups excluding carboxylic acids is 1. The Balaban J connectivity index is 2.47. The fourth-order valence-electron chi connectivity index (χ4n) is 1.55. The maximum absolute atomic E-state index is 11.6. The van der Waals surface area contributed by atoms with Gasteiger partial charge in [-0.1, -0.05) is 12.1 Å². The Morgan fingerprint density at radius 3 is 2.42 bits per heavy atom. The number of benzene rings is 1. The number of likely N-dealkylation sites (N-methyl/N-ethyl adjacent to an activating group) is 1. The van der Waals surface area contributed by atoms with Gasteiger partial charge in [0.05, 0.1) is 13.2 Å². The van der Waals surface area contributed by atoms with Gasteiger partial charge in [-0.25, -0.2) is 0 Å². The number of ether oxygens (including phenoxy) is 2. The summed E-state index contributed by atoms with van der Waals surface area (Å²) in [4.78, 5) is 13.1. The molecule has 106 valence electrons. The molecule has 0 saturated carbocycles. The number of hydrogen-bond acceptors (Lipinski definition) is 3. The lowest BCUT2D eigenvalue weighted by Gasteiger charge is -2.19. The molecule has 0 saturated heterocycles. The van der Waals surface area contributed by atoms with E-state index >= 15 is 0 Å². The fourth-order valence-corrected chi connectivity index (χ4v) is 1.72. The first kappa shape index (κ1) is 15.6. The van der Waals surface area contributed by atoms with E-state index in [1.807, 2.05) is 31.2 Å². The number of amides is 1. The van der Waals surface area contributed by atoms with E-state index < -0.39 is 5.38 Å². The molecule has 5 heteroatoms. The molecule has 4 nitrogen and oxygen atoms in total. The molecule has 0 radical (unpaired) electrons. The van der Waals surface area contributed by atoms with Gasteiger partial charge in [-0.05, 0) is 26.0 Å². The predicted octanol–water partition coefficient (Wildman–Crippen LogP) is 2.55. The second kappa shape index (κ2) is 7.89. The lowest BCUT2D eigenvalue weighted by molar-refractivity contribution is -0.129. The van der Waals surface area contributed by atoms with Crippen molar-refractivity contribution in [3.8, 4) is 11.5 Å². The second-order valence-corrected chi connectivity index (χ2v) is 4.76. The largest absolute Gasteiger partial charge is 0.490 e. The highest BCUT2D eigenvalue weighted by Crippen LogP contribution is 2.26. The number of hydrogen-bond donors (Lipinski definition) is 0. The van der Waals surface area contributed by atoms with Gasteiger partial charge in [-0.3, -0.25) is 4.79 Å². The van der Waals surface area contributed by atoms with Crippen molar-refractivity contribution in [3.05, 3.63) is 24.3 Å². The summed E-state index contributed by atoms with van der Waals surface area (Å²) in [7, 11) is 1.71. The molecule has 0 aliphatic carbocycles. The van der Waals surface area contributed by atoms with E-state index in [2.05, 4.69) is 0 Å². The van der Waals surface area contributed by atoms with Gasteiger partial charge in [0.25, 0.3) is 0 Å². The van der Waals surface area contributed by atoms with Crippen LogP contribution in [0.2, 0.25) is 0 Å². The third kappa shape index (κ3) is 4.99. The molecule has 1 aromatic carbocycles. The van der Waals surface area contributed by atoms with Crippen LogP contribution in [0.15, 0.2) is 24.3 Å². The number of nitrogens with zero attached hydrogens (tertiary/aromatic N) is 1. The molecular weight excluding hydrogens is 266 g/mol. The average molecular weight is 286 g/mol. The first-order valence-electron chi connectivity index (χ1n) is 6.30. The van der Waals surface area contributed by atoms with Crippen LogP contribution in [0.25, 0.3) is 0 Å². The first-order valence-corrected chi connectivity index (χ1v) is 6.73. The minimum absolute atomic E-state index is 0.108. The summed E-state index contributed by atoms with van der Waals surface area (Å²) in [5.74, 6) is 1.29. The second-order valence-electron chi connectivity index (χ2n) is 4.10. The van der Waals surface area contributed by atoms with Crippen molar-refractivity contribution in [2.24, 2.45) is 0 Å². The topological polar surface area (TPSA) is 38.8 Å². The van der Waals surface area contributed by atoms with Gasteiger partial charge in [0.15, 0.2) is 11.5 Å². The van der Waals surface area contributed by atoms with Crippen molar-refractivity contribution in [1.29, 1.82) is 0 Å². The molecule has 19 heavy (non-hydrogen) atoms. The highest BCUT2D eigenvalue weighted by molar-refractivity contribution is 6.30. The molecule has 1 atom stereocenters. The quantitative estimate of drug-likeness (QED) is 0.723. The highest BCUT2D eigenvalue weighted by atomic mass is 35.5. The monoisotopic (exact) mass is 285 g/mol. The number of rotatable bonds is 7. The van der Waals surface area contributed by atoms with Gasteiger partial charge in [0.1, 0.15) is 12.0 Å². The Bertz CT molecular complexity index is 409. The molecule has 1 rings (SSSR count). The fraction of sp³-hybridized carbons (Fsp3) is 0.500. The summed E-state index contributed by atoms with van der Waals surface area (Å²) in [5.41, 5.74) is 0. The number of halogens is 1. The maximum atomic E-state index is 11.6. The summed E-state index contributed by atoms with van der Waals surface area (Å²) in [6, 6.07) is 7.47. The van der Waals surface area contributed by atoms with E-state index in [0.29, 0.717) is 31.3 Å². The third-order valence-corrected chi connectivity index (χ3v) is 2.74. The van der Waals surface area contributed by atoms with Crippen LogP contribution in [-0.4, -0.2) is 43.0 Å². The minimum Gasteiger partial charge on any atom is -0.490 e.